The van der Waals surface area contributed by atoms with Crippen molar-refractivity contribution < 1.29 is 5.11 Å². The van der Waals surface area contributed by atoms with Crippen LogP contribution in [0.15, 0.2) is 0 Å². The van der Waals surface area contributed by atoms with Crippen LogP contribution in [-0.4, -0.2) is 61.3 Å². The molecule has 102 valence electrons. The maximum Gasteiger partial charge on any atom is 0.0499 e. The number of hydrogen-bond acceptors (Lipinski definition) is 3. The second-order valence-corrected chi connectivity index (χ2v) is 5.65. The molecule has 0 unspecified atom stereocenters. The van der Waals surface area contributed by atoms with Crippen LogP contribution in [0.5, 0.6) is 0 Å². The van der Waals surface area contributed by atoms with Gasteiger partial charge < -0.3 is 14.9 Å². The predicted molar refractivity (Wildman–Crippen MR) is 73.3 cm³/mol. The van der Waals surface area contributed by atoms with Crippen LogP contribution in [0, 0.1) is 5.41 Å². The molecule has 0 aromatic heterocycles. The SMILES string of the molecule is CCC(CC)(CO)CN(C)CCN1CCCC1. The van der Waals surface area contributed by atoms with E-state index in [1.165, 1.54) is 32.5 Å². The Labute approximate surface area is 107 Å². The largest absolute Gasteiger partial charge is 0.396 e. The number of likely N-dealkylation sites (tertiary alicyclic amines) is 1. The second kappa shape index (κ2) is 7.34. The van der Waals surface area contributed by atoms with E-state index >= 15 is 0 Å². The van der Waals surface area contributed by atoms with Crippen molar-refractivity contribution in [2.24, 2.45) is 5.41 Å². The molecule has 3 nitrogen and oxygen atoms in total. The lowest BCUT2D eigenvalue weighted by atomic mass is 9.83. The normalized spacial score (nSPS) is 18.2. The third kappa shape index (κ3) is 4.57. The van der Waals surface area contributed by atoms with E-state index in [-0.39, 0.29) is 5.41 Å². The number of hydrogen-bond donors (Lipinski definition) is 1. The first-order valence-electron chi connectivity index (χ1n) is 7.17. The highest BCUT2D eigenvalue weighted by Gasteiger charge is 2.26. The van der Waals surface area contributed by atoms with Crippen LogP contribution in [0.3, 0.4) is 0 Å². The van der Waals surface area contributed by atoms with Crippen molar-refractivity contribution in [1.29, 1.82) is 0 Å². The number of rotatable bonds is 8. The molecule has 1 saturated heterocycles. The highest BCUT2D eigenvalue weighted by Crippen LogP contribution is 2.26. The summed E-state index contributed by atoms with van der Waals surface area (Å²) in [6.45, 7) is 10.6. The number of likely N-dealkylation sites (N-methyl/N-ethyl adjacent to an activating group) is 1. The van der Waals surface area contributed by atoms with Crippen LogP contribution in [0.1, 0.15) is 39.5 Å². The van der Waals surface area contributed by atoms with Gasteiger partial charge in [-0.25, -0.2) is 0 Å². The Hall–Kier alpha value is -0.120. The lowest BCUT2D eigenvalue weighted by Gasteiger charge is -2.34. The summed E-state index contributed by atoms with van der Waals surface area (Å²) in [7, 11) is 2.19. The molecule has 0 saturated carbocycles. The van der Waals surface area contributed by atoms with Crippen LogP contribution in [-0.2, 0) is 0 Å². The molecular weight excluding hydrogens is 212 g/mol. The fourth-order valence-electron chi connectivity index (χ4n) is 2.72. The number of aliphatic hydroxyl groups excluding tert-OH is 1. The molecule has 0 radical (unpaired) electrons. The molecule has 0 atom stereocenters. The molecule has 1 rings (SSSR count). The topological polar surface area (TPSA) is 26.7 Å². The van der Waals surface area contributed by atoms with E-state index in [1.807, 2.05) is 0 Å². The van der Waals surface area contributed by atoms with E-state index in [2.05, 4.69) is 30.7 Å². The average molecular weight is 242 g/mol. The van der Waals surface area contributed by atoms with Gasteiger partial charge in [-0.1, -0.05) is 13.8 Å². The van der Waals surface area contributed by atoms with Crippen molar-refractivity contribution in [1.82, 2.24) is 9.80 Å². The third-order valence-corrected chi connectivity index (χ3v) is 4.44. The van der Waals surface area contributed by atoms with Gasteiger partial charge in [0, 0.05) is 31.7 Å². The van der Waals surface area contributed by atoms with Gasteiger partial charge in [0.25, 0.3) is 0 Å². The smallest absolute Gasteiger partial charge is 0.0499 e. The highest BCUT2D eigenvalue weighted by molar-refractivity contribution is 4.79. The van der Waals surface area contributed by atoms with Gasteiger partial charge in [0.05, 0.1) is 0 Å². The van der Waals surface area contributed by atoms with Gasteiger partial charge >= 0.3 is 0 Å². The molecule has 0 aromatic rings. The van der Waals surface area contributed by atoms with Crippen molar-refractivity contribution in [3.05, 3.63) is 0 Å². The van der Waals surface area contributed by atoms with E-state index in [1.54, 1.807) is 0 Å². The minimum Gasteiger partial charge on any atom is -0.396 e. The van der Waals surface area contributed by atoms with E-state index < -0.39 is 0 Å². The average Bonchev–Trinajstić information content (AvgIpc) is 2.87. The summed E-state index contributed by atoms with van der Waals surface area (Å²) in [5, 5.41) is 9.57. The van der Waals surface area contributed by atoms with Crippen LogP contribution in [0.4, 0.5) is 0 Å². The summed E-state index contributed by atoms with van der Waals surface area (Å²) in [5.41, 5.74) is 0.111. The molecule has 0 aliphatic carbocycles. The van der Waals surface area contributed by atoms with Crippen molar-refractivity contribution in [3.63, 3.8) is 0 Å². The Bertz CT molecular complexity index is 190. The monoisotopic (exact) mass is 242 g/mol. The van der Waals surface area contributed by atoms with Crippen molar-refractivity contribution >= 4 is 0 Å². The summed E-state index contributed by atoms with van der Waals surface area (Å²) in [6.07, 6.45) is 4.87. The van der Waals surface area contributed by atoms with Gasteiger partial charge in [0.15, 0.2) is 0 Å². The summed E-state index contributed by atoms with van der Waals surface area (Å²) in [6, 6.07) is 0. The number of nitrogens with zero attached hydrogens (tertiary/aromatic N) is 2. The molecule has 17 heavy (non-hydrogen) atoms. The lowest BCUT2D eigenvalue weighted by Crippen LogP contribution is -2.40. The Balaban J connectivity index is 2.28. The van der Waals surface area contributed by atoms with Crippen molar-refractivity contribution in [3.8, 4) is 0 Å². The van der Waals surface area contributed by atoms with E-state index in [0.29, 0.717) is 6.61 Å². The summed E-state index contributed by atoms with van der Waals surface area (Å²) in [4.78, 5) is 4.94. The molecular formula is C14H30N2O. The first-order valence-corrected chi connectivity index (χ1v) is 7.17. The summed E-state index contributed by atoms with van der Waals surface area (Å²) < 4.78 is 0. The molecule has 0 aromatic carbocycles. The minimum atomic E-state index is 0.111. The minimum absolute atomic E-state index is 0.111. The van der Waals surface area contributed by atoms with E-state index in [0.717, 1.165) is 25.9 Å². The van der Waals surface area contributed by atoms with Crippen molar-refractivity contribution in [2.75, 3.05) is 46.4 Å². The van der Waals surface area contributed by atoms with Gasteiger partial charge in [0.2, 0.25) is 0 Å². The zero-order chi connectivity index (χ0) is 12.7. The molecule has 0 amide bonds. The zero-order valence-corrected chi connectivity index (χ0v) is 11.9. The maximum absolute atomic E-state index is 9.57. The van der Waals surface area contributed by atoms with Gasteiger partial charge in [-0.05, 0) is 45.8 Å². The summed E-state index contributed by atoms with van der Waals surface area (Å²) >= 11 is 0. The van der Waals surface area contributed by atoms with E-state index in [9.17, 15) is 5.11 Å². The van der Waals surface area contributed by atoms with E-state index in [4.69, 9.17) is 0 Å². The first-order chi connectivity index (χ1) is 8.15. The molecule has 1 aliphatic rings. The van der Waals surface area contributed by atoms with Gasteiger partial charge in [0.1, 0.15) is 0 Å². The van der Waals surface area contributed by atoms with Gasteiger partial charge in [-0.15, -0.1) is 0 Å². The fraction of sp³-hybridized carbons (Fsp3) is 1.00. The van der Waals surface area contributed by atoms with Crippen LogP contribution in [0.25, 0.3) is 0 Å². The Morgan fingerprint density at radius 3 is 2.24 bits per heavy atom. The second-order valence-electron chi connectivity index (χ2n) is 5.65. The Kier molecular flexibility index (Phi) is 6.45. The maximum atomic E-state index is 9.57. The molecule has 0 bridgehead atoms. The van der Waals surface area contributed by atoms with Gasteiger partial charge in [-0.3, -0.25) is 0 Å². The van der Waals surface area contributed by atoms with Crippen LogP contribution < -0.4 is 0 Å². The Morgan fingerprint density at radius 1 is 1.18 bits per heavy atom. The van der Waals surface area contributed by atoms with Crippen molar-refractivity contribution in [2.45, 2.75) is 39.5 Å². The number of aliphatic hydroxyl groups is 1. The molecule has 1 heterocycles. The summed E-state index contributed by atoms with van der Waals surface area (Å²) in [5.74, 6) is 0. The molecule has 1 N–H and O–H groups in total. The van der Waals surface area contributed by atoms with Crippen LogP contribution in [0.2, 0.25) is 0 Å². The molecule has 1 fully saturated rings. The Morgan fingerprint density at radius 2 is 1.76 bits per heavy atom. The first kappa shape index (κ1) is 14.9. The third-order valence-electron chi connectivity index (χ3n) is 4.44. The molecule has 1 aliphatic heterocycles. The predicted octanol–water partition coefficient (Wildman–Crippen LogP) is 1.81. The lowest BCUT2D eigenvalue weighted by molar-refractivity contribution is 0.0724. The molecule has 3 heteroatoms. The zero-order valence-electron chi connectivity index (χ0n) is 11.9. The van der Waals surface area contributed by atoms with Gasteiger partial charge in [-0.2, -0.15) is 0 Å². The van der Waals surface area contributed by atoms with Crippen LogP contribution >= 0.6 is 0 Å². The fourth-order valence-corrected chi connectivity index (χ4v) is 2.72. The quantitative estimate of drug-likeness (QED) is 0.703. The molecule has 0 spiro atoms. The highest BCUT2D eigenvalue weighted by atomic mass is 16.3. The standard InChI is InChI=1S/C14H30N2O/c1-4-14(5-2,13-17)12-15(3)10-11-16-8-6-7-9-16/h17H,4-13H2,1-3H3.